The van der Waals surface area contributed by atoms with Crippen molar-refractivity contribution in [1.82, 2.24) is 0 Å². The van der Waals surface area contributed by atoms with Gasteiger partial charge in [0.1, 0.15) is 57.5 Å². The van der Waals surface area contributed by atoms with Crippen LogP contribution in [0, 0.1) is 34.9 Å². The van der Waals surface area contributed by atoms with E-state index in [2.05, 4.69) is 9.47 Å². The van der Waals surface area contributed by atoms with Gasteiger partial charge in [-0.05, 0) is 60.4 Å². The molecule has 0 aliphatic heterocycles. The molecule has 0 unspecified atom stereocenters. The van der Waals surface area contributed by atoms with E-state index in [1.807, 2.05) is 6.92 Å². The van der Waals surface area contributed by atoms with Gasteiger partial charge in [0.15, 0.2) is 0 Å². The van der Waals surface area contributed by atoms with Gasteiger partial charge in [-0.3, -0.25) is 0 Å². The minimum Gasteiger partial charge on any atom is -0.429 e. The minimum atomic E-state index is -5.41. The SMILES string of the molecule is CCCCCc1ccc(C(F)(F)Oc2cc(F)c(C(F)(F)Oc3ccc(-c4cc(F)c(C(F)(F)F)c(F)c4)c(F)c3)c(F)c2)c(F)c1. The van der Waals surface area contributed by atoms with Crippen molar-refractivity contribution in [3.63, 3.8) is 0 Å². The van der Waals surface area contributed by atoms with E-state index in [9.17, 15) is 57.1 Å². The lowest BCUT2D eigenvalue weighted by Crippen LogP contribution is -2.26. The second-order valence-corrected chi connectivity index (χ2v) is 10.2. The van der Waals surface area contributed by atoms with Gasteiger partial charge in [0.2, 0.25) is 0 Å². The van der Waals surface area contributed by atoms with E-state index in [1.165, 1.54) is 6.07 Å². The second kappa shape index (κ2) is 13.4. The zero-order valence-electron chi connectivity index (χ0n) is 23.8. The van der Waals surface area contributed by atoms with Crippen LogP contribution in [-0.2, 0) is 24.8 Å². The summed E-state index contributed by atoms with van der Waals surface area (Å²) in [6.07, 6.45) is -12.1. The highest BCUT2D eigenvalue weighted by Crippen LogP contribution is 2.41. The molecule has 0 N–H and O–H groups in total. The lowest BCUT2D eigenvalue weighted by Gasteiger charge is -2.22. The Kier molecular flexibility index (Phi) is 10.1. The van der Waals surface area contributed by atoms with Crippen molar-refractivity contribution in [2.75, 3.05) is 0 Å². The second-order valence-electron chi connectivity index (χ2n) is 10.2. The molecule has 0 heterocycles. The molecule has 0 aromatic heterocycles. The molecule has 0 saturated heterocycles. The number of hydrogen-bond donors (Lipinski definition) is 0. The monoisotopic (exact) mass is 684 g/mol. The minimum absolute atomic E-state index is 0.0437. The van der Waals surface area contributed by atoms with Crippen LogP contribution in [0.25, 0.3) is 11.1 Å². The standard InChI is InChI=1S/C32H21F13O2/c1-2-3-4-5-16-6-9-21(23(34)10-16)31(42,43)47-19-14-26(37)29(27(38)15-19)32(44,45)46-18-7-8-20(22(33)13-18)17-11-24(35)28(25(36)12-17)30(39,40)41/h6-15H,2-5H2,1H3. The Hall–Kier alpha value is -4.43. The molecule has 0 radical (unpaired) electrons. The molecule has 0 aliphatic carbocycles. The maximum absolute atomic E-state index is 14.8. The highest BCUT2D eigenvalue weighted by molar-refractivity contribution is 5.66. The maximum Gasteiger partial charge on any atom is 0.432 e. The molecule has 0 fully saturated rings. The average Bonchev–Trinajstić information content (AvgIpc) is 2.91. The summed E-state index contributed by atoms with van der Waals surface area (Å²) in [6.45, 7) is 1.93. The fourth-order valence-corrected chi connectivity index (χ4v) is 4.61. The third-order valence-electron chi connectivity index (χ3n) is 6.79. The van der Waals surface area contributed by atoms with Crippen molar-refractivity contribution in [2.45, 2.75) is 51.0 Å². The smallest absolute Gasteiger partial charge is 0.429 e. The first-order chi connectivity index (χ1) is 21.8. The quantitative estimate of drug-likeness (QED) is 0.116. The summed E-state index contributed by atoms with van der Waals surface area (Å²) in [4.78, 5) is 0. The first-order valence-electron chi connectivity index (χ1n) is 13.6. The topological polar surface area (TPSA) is 18.5 Å². The predicted molar refractivity (Wildman–Crippen MR) is 142 cm³/mol. The fraction of sp³-hybridized carbons (Fsp3) is 0.250. The summed E-state index contributed by atoms with van der Waals surface area (Å²) in [5.74, 6) is -13.8. The maximum atomic E-state index is 14.8. The number of ether oxygens (including phenoxy) is 2. The van der Waals surface area contributed by atoms with E-state index in [4.69, 9.17) is 0 Å². The molecule has 47 heavy (non-hydrogen) atoms. The zero-order chi connectivity index (χ0) is 34.9. The molecule has 0 saturated carbocycles. The third kappa shape index (κ3) is 7.93. The number of benzene rings is 4. The summed E-state index contributed by atoms with van der Waals surface area (Å²) >= 11 is 0. The number of aryl methyl sites for hydroxylation is 1. The first kappa shape index (κ1) is 35.4. The van der Waals surface area contributed by atoms with Gasteiger partial charge >= 0.3 is 18.4 Å². The summed E-state index contributed by atoms with van der Waals surface area (Å²) in [5, 5.41) is 0. The van der Waals surface area contributed by atoms with Gasteiger partial charge in [0, 0.05) is 23.8 Å². The van der Waals surface area contributed by atoms with Gasteiger partial charge < -0.3 is 9.47 Å². The van der Waals surface area contributed by atoms with Crippen molar-refractivity contribution < 1.29 is 66.5 Å². The molecule has 4 aromatic rings. The zero-order valence-corrected chi connectivity index (χ0v) is 23.8. The Morgan fingerprint density at radius 2 is 1.09 bits per heavy atom. The molecule has 0 atom stereocenters. The Morgan fingerprint density at radius 3 is 1.62 bits per heavy atom. The summed E-state index contributed by atoms with van der Waals surface area (Å²) in [7, 11) is 0. The Morgan fingerprint density at radius 1 is 0.532 bits per heavy atom. The van der Waals surface area contributed by atoms with Crippen molar-refractivity contribution in [3.05, 3.63) is 118 Å². The van der Waals surface area contributed by atoms with E-state index in [-0.39, 0.29) is 30.3 Å². The fourth-order valence-electron chi connectivity index (χ4n) is 4.61. The lowest BCUT2D eigenvalue weighted by atomic mass is 10.0. The summed E-state index contributed by atoms with van der Waals surface area (Å²) in [6, 6.07) is 4.31. The summed E-state index contributed by atoms with van der Waals surface area (Å²) in [5.41, 5.74) is -6.75. The highest BCUT2D eigenvalue weighted by atomic mass is 19.4. The van der Waals surface area contributed by atoms with E-state index in [1.54, 1.807) is 0 Å². The molecule has 0 spiro atoms. The van der Waals surface area contributed by atoms with Crippen LogP contribution < -0.4 is 9.47 Å². The average molecular weight is 684 g/mol. The van der Waals surface area contributed by atoms with E-state index in [0.717, 1.165) is 18.9 Å². The van der Waals surface area contributed by atoms with Crippen LogP contribution in [0.1, 0.15) is 48.4 Å². The molecule has 2 nitrogen and oxygen atoms in total. The van der Waals surface area contributed by atoms with E-state index < -0.39 is 92.6 Å². The Balaban J connectivity index is 1.55. The van der Waals surface area contributed by atoms with Crippen LogP contribution in [0.4, 0.5) is 57.1 Å². The van der Waals surface area contributed by atoms with Crippen molar-refractivity contribution >= 4 is 0 Å². The van der Waals surface area contributed by atoms with Crippen molar-refractivity contribution in [2.24, 2.45) is 0 Å². The van der Waals surface area contributed by atoms with Crippen LogP contribution in [0.2, 0.25) is 0 Å². The van der Waals surface area contributed by atoms with Crippen LogP contribution >= 0.6 is 0 Å². The number of hydrogen-bond acceptors (Lipinski definition) is 2. The normalized spacial score (nSPS) is 12.4. The first-order valence-corrected chi connectivity index (χ1v) is 13.6. The molecule has 0 aliphatic rings. The van der Waals surface area contributed by atoms with Crippen molar-refractivity contribution in [1.29, 1.82) is 0 Å². The lowest BCUT2D eigenvalue weighted by molar-refractivity contribution is -0.191. The van der Waals surface area contributed by atoms with Crippen molar-refractivity contribution in [3.8, 4) is 22.6 Å². The number of alkyl halides is 7. The van der Waals surface area contributed by atoms with Gasteiger partial charge in [0.05, 0.1) is 5.56 Å². The summed E-state index contributed by atoms with van der Waals surface area (Å²) < 4.78 is 192. The van der Waals surface area contributed by atoms with Gasteiger partial charge in [0.25, 0.3) is 0 Å². The van der Waals surface area contributed by atoms with Gasteiger partial charge in [-0.2, -0.15) is 30.7 Å². The molecule has 252 valence electrons. The molecule has 15 heteroatoms. The largest absolute Gasteiger partial charge is 0.432 e. The van der Waals surface area contributed by atoms with E-state index >= 15 is 0 Å². The molecule has 0 amide bonds. The number of unbranched alkanes of at least 4 members (excludes halogenated alkanes) is 2. The molecular formula is C32H21F13O2. The van der Waals surface area contributed by atoms with Crippen LogP contribution in [0.5, 0.6) is 11.5 Å². The van der Waals surface area contributed by atoms with Gasteiger partial charge in [-0.25, -0.2) is 26.3 Å². The molecule has 0 bridgehead atoms. The highest BCUT2D eigenvalue weighted by Gasteiger charge is 2.43. The van der Waals surface area contributed by atoms with Gasteiger partial charge in [-0.1, -0.05) is 25.8 Å². The number of rotatable bonds is 11. The molecular weight excluding hydrogens is 663 g/mol. The van der Waals surface area contributed by atoms with Crippen LogP contribution in [0.15, 0.2) is 60.7 Å². The number of halogens is 13. The van der Waals surface area contributed by atoms with Crippen LogP contribution in [0.3, 0.4) is 0 Å². The van der Waals surface area contributed by atoms with Gasteiger partial charge in [-0.15, -0.1) is 0 Å². The van der Waals surface area contributed by atoms with E-state index in [0.29, 0.717) is 36.6 Å². The molecule has 4 rings (SSSR count). The predicted octanol–water partition coefficient (Wildman–Crippen LogP) is 11.2. The molecule has 4 aromatic carbocycles. The van der Waals surface area contributed by atoms with Crippen LogP contribution in [-0.4, -0.2) is 0 Å². The Labute approximate surface area is 258 Å². The third-order valence-corrected chi connectivity index (χ3v) is 6.79. The Bertz CT molecular complexity index is 1720.